The molecule has 0 saturated heterocycles. The molecular weight excluding hydrogens is 248 g/mol. The maximum atomic E-state index is 10.8. The molecule has 0 aliphatic carbocycles. The van der Waals surface area contributed by atoms with E-state index in [1.165, 1.54) is 7.11 Å². The van der Waals surface area contributed by atoms with Crippen LogP contribution in [0.4, 0.5) is 0 Å². The van der Waals surface area contributed by atoms with Crippen molar-refractivity contribution in [1.82, 2.24) is 0 Å². The van der Waals surface area contributed by atoms with Crippen molar-refractivity contribution in [1.29, 1.82) is 0 Å². The van der Waals surface area contributed by atoms with Crippen LogP contribution in [0.2, 0.25) is 0 Å². The molecule has 5 N–H and O–H groups in total. The number of carbonyl (C=O) groups excluding carboxylic acids is 1. The Kier molecular flexibility index (Phi) is 7.91. The van der Waals surface area contributed by atoms with Gasteiger partial charge in [-0.25, -0.2) is 0 Å². The summed E-state index contributed by atoms with van der Waals surface area (Å²) in [5.74, 6) is -1.30. The molecule has 0 radical (unpaired) electrons. The summed E-state index contributed by atoms with van der Waals surface area (Å²) in [7, 11) is 1.34. The minimum absolute atomic E-state index is 0.215. The highest BCUT2D eigenvalue weighted by Gasteiger charge is 2.28. The Morgan fingerprint density at radius 1 is 0.947 bits per heavy atom. The standard InChI is InChI=1S/C7H15NO2.C6H13NO2/c1-7(2,3)5(8)6(9)10-4;1-6(2,3)4(7)5(8)9/h5H,8H2,1-4H3;4H,7H2,1-3H3,(H,8,9)/t5-;4-/m11/s1. The van der Waals surface area contributed by atoms with Gasteiger partial charge in [0.15, 0.2) is 0 Å². The third kappa shape index (κ3) is 8.56. The van der Waals surface area contributed by atoms with Gasteiger partial charge in [-0.1, -0.05) is 41.5 Å². The fourth-order valence-electron chi connectivity index (χ4n) is 0.851. The van der Waals surface area contributed by atoms with Crippen LogP contribution in [0.3, 0.4) is 0 Å². The Morgan fingerprint density at radius 3 is 1.32 bits per heavy atom. The number of rotatable bonds is 2. The Bertz CT molecular complexity index is 303. The summed E-state index contributed by atoms with van der Waals surface area (Å²) in [6.45, 7) is 11.1. The number of hydrogen-bond donors (Lipinski definition) is 3. The van der Waals surface area contributed by atoms with Crippen molar-refractivity contribution < 1.29 is 19.4 Å². The lowest BCUT2D eigenvalue weighted by Gasteiger charge is -2.23. The molecule has 0 bridgehead atoms. The zero-order chi connectivity index (χ0) is 16.0. The molecule has 6 heteroatoms. The van der Waals surface area contributed by atoms with Gasteiger partial charge in [-0.05, 0) is 10.8 Å². The molecule has 114 valence electrons. The molecular formula is C13H28N2O4. The highest BCUT2D eigenvalue weighted by atomic mass is 16.5. The van der Waals surface area contributed by atoms with E-state index in [-0.39, 0.29) is 16.8 Å². The van der Waals surface area contributed by atoms with E-state index in [2.05, 4.69) is 4.74 Å². The minimum Gasteiger partial charge on any atom is -0.480 e. The van der Waals surface area contributed by atoms with Gasteiger partial charge in [0.2, 0.25) is 0 Å². The van der Waals surface area contributed by atoms with Gasteiger partial charge in [0.25, 0.3) is 0 Å². The number of carboxylic acid groups (broad SMARTS) is 1. The van der Waals surface area contributed by atoms with Crippen LogP contribution >= 0.6 is 0 Å². The fraction of sp³-hybridized carbons (Fsp3) is 0.846. The third-order valence-electron chi connectivity index (χ3n) is 2.59. The minimum atomic E-state index is -0.942. The summed E-state index contributed by atoms with van der Waals surface area (Å²) in [5, 5.41) is 8.39. The van der Waals surface area contributed by atoms with Crippen LogP contribution in [0.5, 0.6) is 0 Å². The molecule has 0 saturated carbocycles. The summed E-state index contributed by atoms with van der Waals surface area (Å²) in [4.78, 5) is 21.0. The van der Waals surface area contributed by atoms with Gasteiger partial charge in [-0.2, -0.15) is 0 Å². The third-order valence-corrected chi connectivity index (χ3v) is 2.59. The summed E-state index contributed by atoms with van der Waals surface area (Å²) in [5.41, 5.74) is 10.3. The van der Waals surface area contributed by atoms with Gasteiger partial charge >= 0.3 is 11.9 Å². The molecule has 0 rings (SSSR count). The molecule has 0 spiro atoms. The van der Waals surface area contributed by atoms with E-state index in [0.29, 0.717) is 0 Å². The number of nitrogens with two attached hydrogens (primary N) is 2. The van der Waals surface area contributed by atoms with Gasteiger partial charge in [0.05, 0.1) is 7.11 Å². The molecule has 2 atom stereocenters. The monoisotopic (exact) mass is 276 g/mol. The van der Waals surface area contributed by atoms with E-state index in [1.807, 2.05) is 20.8 Å². The molecule has 0 amide bonds. The molecule has 0 aromatic heterocycles. The molecule has 0 aliphatic rings. The lowest BCUT2D eigenvalue weighted by molar-refractivity contribution is -0.144. The summed E-state index contributed by atoms with van der Waals surface area (Å²) in [6, 6.07) is -1.30. The van der Waals surface area contributed by atoms with Crippen LogP contribution in [0.25, 0.3) is 0 Å². The lowest BCUT2D eigenvalue weighted by Crippen LogP contribution is -2.42. The van der Waals surface area contributed by atoms with Gasteiger partial charge in [0.1, 0.15) is 12.1 Å². The quantitative estimate of drug-likeness (QED) is 0.647. The molecule has 0 fully saturated rings. The molecule has 0 aromatic carbocycles. The van der Waals surface area contributed by atoms with Gasteiger partial charge < -0.3 is 21.3 Å². The van der Waals surface area contributed by atoms with Crippen LogP contribution in [-0.4, -0.2) is 36.2 Å². The molecule has 0 unspecified atom stereocenters. The van der Waals surface area contributed by atoms with Crippen LogP contribution in [0.1, 0.15) is 41.5 Å². The molecule has 0 aliphatic heterocycles. The zero-order valence-corrected chi connectivity index (χ0v) is 13.0. The number of methoxy groups -OCH3 is 1. The van der Waals surface area contributed by atoms with Crippen LogP contribution in [-0.2, 0) is 14.3 Å². The van der Waals surface area contributed by atoms with E-state index in [9.17, 15) is 9.59 Å². The second kappa shape index (κ2) is 7.45. The van der Waals surface area contributed by atoms with E-state index in [4.69, 9.17) is 16.6 Å². The van der Waals surface area contributed by atoms with Gasteiger partial charge in [-0.15, -0.1) is 0 Å². The topological polar surface area (TPSA) is 116 Å². The average Bonchev–Trinajstić information content (AvgIpc) is 2.24. The predicted molar refractivity (Wildman–Crippen MR) is 74.5 cm³/mol. The highest BCUT2D eigenvalue weighted by Crippen LogP contribution is 2.17. The Morgan fingerprint density at radius 2 is 1.26 bits per heavy atom. The highest BCUT2D eigenvalue weighted by molar-refractivity contribution is 5.76. The molecule has 0 heterocycles. The van der Waals surface area contributed by atoms with E-state index >= 15 is 0 Å². The summed E-state index contributed by atoms with van der Waals surface area (Å²) >= 11 is 0. The van der Waals surface area contributed by atoms with E-state index in [1.54, 1.807) is 20.8 Å². The number of carboxylic acids is 1. The zero-order valence-electron chi connectivity index (χ0n) is 13.0. The average molecular weight is 276 g/mol. The first kappa shape index (κ1) is 20.2. The Labute approximate surface area is 115 Å². The number of esters is 1. The Balaban J connectivity index is 0. The maximum Gasteiger partial charge on any atom is 0.323 e. The first-order valence-corrected chi connectivity index (χ1v) is 6.07. The largest absolute Gasteiger partial charge is 0.480 e. The first-order valence-electron chi connectivity index (χ1n) is 6.07. The van der Waals surface area contributed by atoms with Crippen LogP contribution < -0.4 is 11.5 Å². The number of ether oxygens (including phenoxy) is 1. The van der Waals surface area contributed by atoms with Gasteiger partial charge in [0, 0.05) is 0 Å². The van der Waals surface area contributed by atoms with Crippen molar-refractivity contribution in [2.45, 2.75) is 53.6 Å². The lowest BCUT2D eigenvalue weighted by atomic mass is 9.88. The molecule has 0 aromatic rings. The predicted octanol–water partition coefficient (Wildman–Crippen LogP) is 0.977. The number of hydrogen-bond acceptors (Lipinski definition) is 5. The number of carbonyl (C=O) groups is 2. The van der Waals surface area contributed by atoms with Crippen molar-refractivity contribution >= 4 is 11.9 Å². The molecule has 19 heavy (non-hydrogen) atoms. The van der Waals surface area contributed by atoms with E-state index in [0.717, 1.165) is 0 Å². The number of aliphatic carboxylic acids is 1. The van der Waals surface area contributed by atoms with Crippen molar-refractivity contribution in [3.63, 3.8) is 0 Å². The maximum absolute atomic E-state index is 10.8. The van der Waals surface area contributed by atoms with Crippen LogP contribution in [0.15, 0.2) is 0 Å². The normalized spacial score (nSPS) is 14.8. The van der Waals surface area contributed by atoms with Crippen molar-refractivity contribution in [3.05, 3.63) is 0 Å². The SMILES string of the molecule is CC(C)(C)[C@H](N)C(=O)O.COC(=O)[C@@H](N)C(C)(C)C. The summed E-state index contributed by atoms with van der Waals surface area (Å²) < 4.78 is 4.47. The first-order chi connectivity index (χ1) is 8.25. The Hall–Kier alpha value is -1.14. The van der Waals surface area contributed by atoms with Crippen molar-refractivity contribution in [2.24, 2.45) is 22.3 Å². The van der Waals surface area contributed by atoms with Crippen LogP contribution in [0, 0.1) is 10.8 Å². The van der Waals surface area contributed by atoms with Crippen molar-refractivity contribution in [2.75, 3.05) is 7.11 Å². The van der Waals surface area contributed by atoms with E-state index < -0.39 is 18.1 Å². The van der Waals surface area contributed by atoms with Gasteiger partial charge in [-0.3, -0.25) is 9.59 Å². The second-order valence-corrected chi connectivity index (χ2v) is 6.55. The van der Waals surface area contributed by atoms with Crippen molar-refractivity contribution in [3.8, 4) is 0 Å². The fourth-order valence-corrected chi connectivity index (χ4v) is 0.851. The summed E-state index contributed by atoms with van der Waals surface area (Å²) in [6.07, 6.45) is 0. The second-order valence-electron chi connectivity index (χ2n) is 6.55. The smallest absolute Gasteiger partial charge is 0.323 e. The molecule has 6 nitrogen and oxygen atoms in total.